The molecule has 154 valence electrons. The largest absolute Gasteiger partial charge is 0.393 e. The minimum Gasteiger partial charge on any atom is -0.393 e. The van der Waals surface area contributed by atoms with Crippen molar-refractivity contribution in [2.24, 2.45) is 5.92 Å². The first-order valence-corrected chi connectivity index (χ1v) is 10.5. The molecule has 2 aromatic rings. The van der Waals surface area contributed by atoms with Crippen molar-refractivity contribution in [3.8, 4) is 11.1 Å². The SMILES string of the molecule is O=C(NC1CCC(O)CC1)[C@H]1CCCN(c2ccc(-c3ccncc3)cc2F)C1. The number of amides is 1. The van der Waals surface area contributed by atoms with E-state index in [0.29, 0.717) is 12.2 Å². The van der Waals surface area contributed by atoms with E-state index < -0.39 is 0 Å². The number of nitrogens with zero attached hydrogens (tertiary/aromatic N) is 2. The van der Waals surface area contributed by atoms with Crippen molar-refractivity contribution in [2.45, 2.75) is 50.7 Å². The number of pyridine rings is 1. The fourth-order valence-corrected chi connectivity index (χ4v) is 4.44. The van der Waals surface area contributed by atoms with Crippen LogP contribution in [0.3, 0.4) is 0 Å². The van der Waals surface area contributed by atoms with Gasteiger partial charge in [0.05, 0.1) is 17.7 Å². The van der Waals surface area contributed by atoms with Crippen molar-refractivity contribution in [1.29, 1.82) is 0 Å². The molecule has 0 unspecified atom stereocenters. The number of carbonyl (C=O) groups is 1. The van der Waals surface area contributed by atoms with Crippen molar-refractivity contribution in [1.82, 2.24) is 10.3 Å². The monoisotopic (exact) mass is 397 g/mol. The smallest absolute Gasteiger partial charge is 0.225 e. The number of piperidine rings is 1. The van der Waals surface area contributed by atoms with Crippen molar-refractivity contribution in [2.75, 3.05) is 18.0 Å². The number of hydrogen-bond donors (Lipinski definition) is 2. The molecule has 6 heteroatoms. The zero-order valence-corrected chi connectivity index (χ0v) is 16.6. The number of aromatic nitrogens is 1. The normalized spacial score (nSPS) is 24.9. The lowest BCUT2D eigenvalue weighted by Crippen LogP contribution is -2.47. The molecule has 0 bridgehead atoms. The number of carbonyl (C=O) groups excluding carboxylic acids is 1. The molecule has 1 aromatic heterocycles. The Hall–Kier alpha value is -2.47. The first kappa shape index (κ1) is 19.8. The Morgan fingerprint density at radius 1 is 1.07 bits per heavy atom. The molecule has 0 spiro atoms. The van der Waals surface area contributed by atoms with Gasteiger partial charge in [0.2, 0.25) is 5.91 Å². The van der Waals surface area contributed by atoms with Crippen LogP contribution in [0.25, 0.3) is 11.1 Å². The van der Waals surface area contributed by atoms with Crippen LogP contribution in [-0.4, -0.2) is 41.2 Å². The molecule has 1 amide bonds. The third kappa shape index (κ3) is 4.75. The van der Waals surface area contributed by atoms with Gasteiger partial charge in [0.15, 0.2) is 0 Å². The molecule has 1 aliphatic heterocycles. The molecule has 1 aliphatic carbocycles. The van der Waals surface area contributed by atoms with Crippen LogP contribution in [0.4, 0.5) is 10.1 Å². The number of hydrogen-bond acceptors (Lipinski definition) is 4. The van der Waals surface area contributed by atoms with E-state index >= 15 is 0 Å². The summed E-state index contributed by atoms with van der Waals surface area (Å²) >= 11 is 0. The van der Waals surface area contributed by atoms with Gasteiger partial charge in [-0.25, -0.2) is 4.39 Å². The average molecular weight is 397 g/mol. The highest BCUT2D eigenvalue weighted by Crippen LogP contribution is 2.30. The summed E-state index contributed by atoms with van der Waals surface area (Å²) in [5.41, 5.74) is 2.31. The van der Waals surface area contributed by atoms with Crippen molar-refractivity contribution in [3.05, 3.63) is 48.5 Å². The van der Waals surface area contributed by atoms with Crippen molar-refractivity contribution < 1.29 is 14.3 Å². The van der Waals surface area contributed by atoms with E-state index in [-0.39, 0.29) is 29.8 Å². The Morgan fingerprint density at radius 2 is 1.83 bits per heavy atom. The van der Waals surface area contributed by atoms with Gasteiger partial charge in [0.25, 0.3) is 0 Å². The number of halogens is 1. The number of aliphatic hydroxyl groups is 1. The zero-order chi connectivity index (χ0) is 20.2. The van der Waals surface area contributed by atoms with Gasteiger partial charge in [-0.05, 0) is 73.9 Å². The number of aliphatic hydroxyl groups excluding tert-OH is 1. The quantitative estimate of drug-likeness (QED) is 0.829. The van der Waals surface area contributed by atoms with Crippen LogP contribution < -0.4 is 10.2 Å². The standard InChI is InChI=1S/C23H28FN3O2/c24-21-14-17(16-9-11-25-12-10-16)3-8-22(21)27-13-1-2-18(15-27)23(29)26-19-4-6-20(28)7-5-19/h3,8-12,14,18-20,28H,1-2,4-7,13,15H2,(H,26,29)/t18-,19?,20?/m0/s1. The summed E-state index contributed by atoms with van der Waals surface area (Å²) in [6.45, 7) is 1.29. The topological polar surface area (TPSA) is 65.5 Å². The predicted molar refractivity (Wildman–Crippen MR) is 111 cm³/mol. The maximum absolute atomic E-state index is 14.9. The fraction of sp³-hybridized carbons (Fsp3) is 0.478. The van der Waals surface area contributed by atoms with Crippen molar-refractivity contribution >= 4 is 11.6 Å². The Bertz CT molecular complexity index is 837. The first-order chi connectivity index (χ1) is 14.1. The van der Waals surface area contributed by atoms with Crippen LogP contribution in [0, 0.1) is 11.7 Å². The lowest BCUT2D eigenvalue weighted by molar-refractivity contribution is -0.126. The molecule has 2 aliphatic rings. The minimum atomic E-state index is -0.262. The number of nitrogens with one attached hydrogen (secondary N) is 1. The van der Waals surface area contributed by atoms with Crippen LogP contribution in [-0.2, 0) is 4.79 Å². The maximum Gasteiger partial charge on any atom is 0.225 e. The minimum absolute atomic E-state index is 0.0601. The van der Waals surface area contributed by atoms with Crippen LogP contribution in [0.1, 0.15) is 38.5 Å². The number of anilines is 1. The molecule has 2 fully saturated rings. The molecule has 2 heterocycles. The third-order valence-corrected chi connectivity index (χ3v) is 6.14. The second-order valence-corrected chi connectivity index (χ2v) is 8.20. The summed E-state index contributed by atoms with van der Waals surface area (Å²) in [4.78, 5) is 18.7. The number of rotatable bonds is 4. The van der Waals surface area contributed by atoms with E-state index in [9.17, 15) is 14.3 Å². The lowest BCUT2D eigenvalue weighted by Gasteiger charge is -2.35. The highest BCUT2D eigenvalue weighted by molar-refractivity contribution is 5.80. The molecule has 2 N–H and O–H groups in total. The number of benzene rings is 1. The van der Waals surface area contributed by atoms with E-state index in [2.05, 4.69) is 10.3 Å². The van der Waals surface area contributed by atoms with E-state index in [1.807, 2.05) is 29.2 Å². The van der Waals surface area contributed by atoms with E-state index in [0.717, 1.165) is 56.2 Å². The third-order valence-electron chi connectivity index (χ3n) is 6.14. The van der Waals surface area contributed by atoms with E-state index in [4.69, 9.17) is 0 Å². The van der Waals surface area contributed by atoms with Crippen LogP contribution in [0.5, 0.6) is 0 Å². The Labute approximate surface area is 171 Å². The molecule has 29 heavy (non-hydrogen) atoms. The zero-order valence-electron chi connectivity index (χ0n) is 16.6. The van der Waals surface area contributed by atoms with Gasteiger partial charge in [-0.3, -0.25) is 9.78 Å². The van der Waals surface area contributed by atoms with Gasteiger partial charge in [-0.15, -0.1) is 0 Å². The summed E-state index contributed by atoms with van der Waals surface area (Å²) in [5, 5.41) is 12.8. The molecular formula is C23H28FN3O2. The van der Waals surface area contributed by atoms with E-state index in [1.54, 1.807) is 18.5 Å². The van der Waals surface area contributed by atoms with Gasteiger partial charge < -0.3 is 15.3 Å². The van der Waals surface area contributed by atoms with Crippen LogP contribution in [0.2, 0.25) is 0 Å². The first-order valence-electron chi connectivity index (χ1n) is 10.5. The molecule has 1 aromatic carbocycles. The Balaban J connectivity index is 1.41. The fourth-order valence-electron chi connectivity index (χ4n) is 4.44. The average Bonchev–Trinajstić information content (AvgIpc) is 2.76. The van der Waals surface area contributed by atoms with Gasteiger partial charge in [0.1, 0.15) is 5.82 Å². The summed E-state index contributed by atoms with van der Waals surface area (Å²) < 4.78 is 14.9. The summed E-state index contributed by atoms with van der Waals surface area (Å²) in [5.74, 6) is -0.332. The van der Waals surface area contributed by atoms with Gasteiger partial charge in [-0.2, -0.15) is 0 Å². The molecule has 5 nitrogen and oxygen atoms in total. The molecule has 1 atom stereocenters. The Kier molecular flexibility index (Phi) is 6.09. The molecule has 0 radical (unpaired) electrons. The van der Waals surface area contributed by atoms with E-state index in [1.165, 1.54) is 0 Å². The van der Waals surface area contributed by atoms with Gasteiger partial charge >= 0.3 is 0 Å². The molecular weight excluding hydrogens is 369 g/mol. The molecule has 1 saturated carbocycles. The summed E-state index contributed by atoms with van der Waals surface area (Å²) in [6, 6.07) is 9.16. The van der Waals surface area contributed by atoms with Crippen LogP contribution >= 0.6 is 0 Å². The molecule has 1 saturated heterocycles. The van der Waals surface area contributed by atoms with Crippen LogP contribution in [0.15, 0.2) is 42.7 Å². The highest BCUT2D eigenvalue weighted by Gasteiger charge is 2.29. The maximum atomic E-state index is 14.9. The second kappa shape index (κ2) is 8.91. The lowest BCUT2D eigenvalue weighted by atomic mass is 9.91. The van der Waals surface area contributed by atoms with Gasteiger partial charge in [-0.1, -0.05) is 6.07 Å². The van der Waals surface area contributed by atoms with Crippen molar-refractivity contribution in [3.63, 3.8) is 0 Å². The Morgan fingerprint density at radius 3 is 2.55 bits per heavy atom. The summed E-state index contributed by atoms with van der Waals surface area (Å²) in [6.07, 6.45) is 8.01. The highest BCUT2D eigenvalue weighted by atomic mass is 19.1. The molecule has 4 rings (SSSR count). The van der Waals surface area contributed by atoms with Gasteiger partial charge in [0, 0.05) is 31.5 Å². The predicted octanol–water partition coefficient (Wildman–Crippen LogP) is 3.52. The summed E-state index contributed by atoms with van der Waals surface area (Å²) in [7, 11) is 0. The second-order valence-electron chi connectivity index (χ2n) is 8.20.